The summed E-state index contributed by atoms with van der Waals surface area (Å²) in [6.07, 6.45) is 0.450. The molecule has 0 saturated carbocycles. The summed E-state index contributed by atoms with van der Waals surface area (Å²) in [6.45, 7) is 3.47. The highest BCUT2D eigenvalue weighted by molar-refractivity contribution is 5.95. The number of carbonyl (C=O) groups excluding carboxylic acids is 2. The quantitative estimate of drug-likeness (QED) is 0.819. The van der Waals surface area contributed by atoms with Crippen LogP contribution in [0.1, 0.15) is 40.9 Å². The number of anilines is 1. The fourth-order valence-corrected chi connectivity index (χ4v) is 3.73. The first-order chi connectivity index (χ1) is 12.8. The van der Waals surface area contributed by atoms with E-state index in [9.17, 15) is 14.0 Å². The lowest BCUT2D eigenvalue weighted by Crippen LogP contribution is -2.65. The Bertz CT molecular complexity index is 961. The Morgan fingerprint density at radius 1 is 1.33 bits per heavy atom. The first kappa shape index (κ1) is 17.3. The van der Waals surface area contributed by atoms with Crippen molar-refractivity contribution >= 4 is 17.7 Å². The normalized spacial score (nSPS) is 23.2. The molecule has 6 nitrogen and oxygen atoms in total. The third kappa shape index (κ3) is 2.70. The molecule has 1 N–H and O–H groups in total. The van der Waals surface area contributed by atoms with Gasteiger partial charge < -0.3 is 14.8 Å². The van der Waals surface area contributed by atoms with Gasteiger partial charge in [0.15, 0.2) is 5.72 Å². The zero-order valence-electron chi connectivity index (χ0n) is 15.2. The first-order valence-electron chi connectivity index (χ1n) is 8.60. The van der Waals surface area contributed by atoms with Gasteiger partial charge in [-0.3, -0.25) is 4.90 Å². The second kappa shape index (κ2) is 5.97. The van der Waals surface area contributed by atoms with Crippen LogP contribution in [-0.4, -0.2) is 24.8 Å². The summed E-state index contributed by atoms with van der Waals surface area (Å²) in [5, 5.41) is 2.93. The molecule has 0 spiro atoms. The minimum atomic E-state index is -0.978. The number of hydrogen-bond acceptors (Lipinski definition) is 4. The second-order valence-corrected chi connectivity index (χ2v) is 7.00. The van der Waals surface area contributed by atoms with Gasteiger partial charge in [-0.1, -0.05) is 6.07 Å². The number of benzene rings is 2. The molecule has 2 heterocycles. The minimum absolute atomic E-state index is 0.317. The van der Waals surface area contributed by atoms with Crippen LogP contribution >= 0.6 is 0 Å². The highest BCUT2D eigenvalue weighted by Crippen LogP contribution is 2.45. The van der Waals surface area contributed by atoms with E-state index >= 15 is 0 Å². The van der Waals surface area contributed by atoms with Crippen LogP contribution in [0, 0.1) is 12.7 Å². The molecule has 0 aromatic heterocycles. The predicted octanol–water partition coefficient (Wildman–Crippen LogP) is 3.69. The number of hydrogen-bond donors (Lipinski definition) is 1. The van der Waals surface area contributed by atoms with Gasteiger partial charge in [-0.25, -0.2) is 14.0 Å². The topological polar surface area (TPSA) is 67.9 Å². The summed E-state index contributed by atoms with van der Waals surface area (Å²) in [5.74, 6) is -0.269. The number of esters is 1. The van der Waals surface area contributed by atoms with E-state index in [0.29, 0.717) is 29.0 Å². The highest BCUT2D eigenvalue weighted by Gasteiger charge is 2.50. The van der Waals surface area contributed by atoms with Crippen molar-refractivity contribution in [3.63, 3.8) is 0 Å². The van der Waals surface area contributed by atoms with Gasteiger partial charge in [-0.2, -0.15) is 0 Å². The first-order valence-corrected chi connectivity index (χ1v) is 8.60. The van der Waals surface area contributed by atoms with Gasteiger partial charge in [-0.05, 0) is 49.7 Å². The molecule has 0 unspecified atom stereocenters. The van der Waals surface area contributed by atoms with Crippen molar-refractivity contribution in [1.29, 1.82) is 0 Å². The summed E-state index contributed by atoms with van der Waals surface area (Å²) in [5.41, 5.74) is 1.06. The fraction of sp³-hybridized carbons (Fsp3) is 0.300. The minimum Gasteiger partial charge on any atom is -0.467 e. The molecule has 1 fully saturated rings. The Hall–Kier alpha value is -3.09. The van der Waals surface area contributed by atoms with Gasteiger partial charge in [-0.15, -0.1) is 0 Å². The van der Waals surface area contributed by atoms with Crippen LogP contribution in [0.25, 0.3) is 0 Å². The van der Waals surface area contributed by atoms with Gasteiger partial charge in [0.1, 0.15) is 11.6 Å². The maximum absolute atomic E-state index is 14.1. The number of rotatable bonds is 2. The second-order valence-electron chi connectivity index (χ2n) is 7.00. The molecule has 1 saturated heterocycles. The number of nitrogens with one attached hydrogen (secondary N) is 1. The van der Waals surface area contributed by atoms with E-state index in [2.05, 4.69) is 5.32 Å². The molecule has 2 aromatic carbocycles. The zero-order chi connectivity index (χ0) is 19.3. The fourth-order valence-electron chi connectivity index (χ4n) is 3.73. The standard InChI is InChI=1S/C20H19FN2O4/c1-11-4-6-13(9-15(11)21)23-19(25)22-16-10-20(23,2)27-17-7-5-12(8-14(16)17)18(24)26-3/h4-9,16H,10H2,1-3H3,(H,22,25)/t16-,20+/m0/s1. The summed E-state index contributed by atoms with van der Waals surface area (Å²) in [7, 11) is 1.32. The average molecular weight is 370 g/mol. The number of carbonyl (C=O) groups is 2. The SMILES string of the molecule is COC(=O)c1ccc2c(c1)[C@@H]1C[C@@](C)(O2)N(c2ccc(C)c(F)c2)C(=O)N1. The van der Waals surface area contributed by atoms with Gasteiger partial charge in [0.05, 0.1) is 24.4 Å². The van der Waals surface area contributed by atoms with Crippen molar-refractivity contribution in [3.8, 4) is 5.75 Å². The summed E-state index contributed by atoms with van der Waals surface area (Å²) < 4.78 is 25.0. The molecular weight excluding hydrogens is 351 g/mol. The molecule has 4 rings (SSSR count). The van der Waals surface area contributed by atoms with Crippen LogP contribution in [0.4, 0.5) is 14.9 Å². The molecular formula is C20H19FN2O4. The zero-order valence-corrected chi connectivity index (χ0v) is 15.2. The Balaban J connectivity index is 1.76. The van der Waals surface area contributed by atoms with Gasteiger partial charge in [0.2, 0.25) is 0 Å². The van der Waals surface area contributed by atoms with Crippen molar-refractivity contribution in [2.45, 2.75) is 32.0 Å². The molecule has 2 aliphatic rings. The number of ether oxygens (including phenoxy) is 2. The Morgan fingerprint density at radius 2 is 2.11 bits per heavy atom. The number of urea groups is 1. The molecule has 140 valence electrons. The van der Waals surface area contributed by atoms with E-state index in [1.54, 1.807) is 44.2 Å². The number of aryl methyl sites for hydroxylation is 1. The lowest BCUT2D eigenvalue weighted by Gasteiger charge is -2.50. The number of halogens is 1. The predicted molar refractivity (Wildman–Crippen MR) is 96.3 cm³/mol. The van der Waals surface area contributed by atoms with Crippen molar-refractivity contribution in [2.24, 2.45) is 0 Å². The van der Waals surface area contributed by atoms with Crippen LogP contribution in [0.15, 0.2) is 36.4 Å². The van der Waals surface area contributed by atoms with Crippen LogP contribution < -0.4 is 15.0 Å². The highest BCUT2D eigenvalue weighted by atomic mass is 19.1. The smallest absolute Gasteiger partial charge is 0.337 e. The van der Waals surface area contributed by atoms with E-state index in [0.717, 1.165) is 5.56 Å². The molecule has 2 aromatic rings. The van der Waals surface area contributed by atoms with Gasteiger partial charge in [0, 0.05) is 12.0 Å². The van der Waals surface area contributed by atoms with E-state index in [-0.39, 0.29) is 17.9 Å². The summed E-state index contributed by atoms with van der Waals surface area (Å²) in [4.78, 5) is 26.1. The Labute approximate surface area is 155 Å². The lowest BCUT2D eigenvalue weighted by atomic mass is 9.89. The number of fused-ring (bicyclic) bond motifs is 4. The molecule has 2 amide bonds. The Kier molecular flexibility index (Phi) is 3.83. The lowest BCUT2D eigenvalue weighted by molar-refractivity contribution is 0.0377. The van der Waals surface area contributed by atoms with Crippen LogP contribution in [-0.2, 0) is 4.74 Å². The van der Waals surface area contributed by atoms with Crippen LogP contribution in [0.5, 0.6) is 5.75 Å². The molecule has 2 atom stereocenters. The van der Waals surface area contributed by atoms with Crippen molar-refractivity contribution in [3.05, 3.63) is 58.9 Å². The number of nitrogens with zero attached hydrogens (tertiary/aromatic N) is 1. The van der Waals surface area contributed by atoms with E-state index in [1.165, 1.54) is 18.1 Å². The molecule has 0 aliphatic carbocycles. The molecule has 2 bridgehead atoms. The largest absolute Gasteiger partial charge is 0.467 e. The van der Waals surface area contributed by atoms with Crippen LogP contribution in [0.2, 0.25) is 0 Å². The molecule has 0 radical (unpaired) electrons. The van der Waals surface area contributed by atoms with E-state index < -0.39 is 11.7 Å². The monoisotopic (exact) mass is 370 g/mol. The van der Waals surface area contributed by atoms with Gasteiger partial charge >= 0.3 is 12.0 Å². The van der Waals surface area contributed by atoms with Crippen LogP contribution in [0.3, 0.4) is 0 Å². The maximum atomic E-state index is 14.1. The number of amides is 2. The van der Waals surface area contributed by atoms with E-state index in [1.807, 2.05) is 0 Å². The van der Waals surface area contributed by atoms with Gasteiger partial charge in [0.25, 0.3) is 0 Å². The van der Waals surface area contributed by atoms with Crippen molar-refractivity contribution in [2.75, 3.05) is 12.0 Å². The Morgan fingerprint density at radius 3 is 2.81 bits per heavy atom. The number of methoxy groups -OCH3 is 1. The third-order valence-corrected chi connectivity index (χ3v) is 5.11. The molecule has 7 heteroatoms. The van der Waals surface area contributed by atoms with Crippen molar-refractivity contribution in [1.82, 2.24) is 5.32 Å². The molecule has 2 aliphatic heterocycles. The average Bonchev–Trinajstić information content (AvgIpc) is 2.63. The summed E-state index contributed by atoms with van der Waals surface area (Å²) in [6, 6.07) is 8.94. The summed E-state index contributed by atoms with van der Waals surface area (Å²) >= 11 is 0. The van der Waals surface area contributed by atoms with Crippen molar-refractivity contribution < 1.29 is 23.5 Å². The molecule has 27 heavy (non-hydrogen) atoms. The maximum Gasteiger partial charge on any atom is 0.337 e. The van der Waals surface area contributed by atoms with E-state index in [4.69, 9.17) is 9.47 Å². The third-order valence-electron chi connectivity index (χ3n) is 5.11.